The maximum atomic E-state index is 13.0. The summed E-state index contributed by atoms with van der Waals surface area (Å²) in [5.74, 6) is -0.755. The lowest BCUT2D eigenvalue weighted by Crippen LogP contribution is -2.16. The molecule has 1 N–H and O–H groups in total. The fourth-order valence-electron chi connectivity index (χ4n) is 2.33. The number of halogens is 3. The maximum Gasteiger partial charge on any atom is 0.453 e. The summed E-state index contributed by atoms with van der Waals surface area (Å²) in [5, 5.41) is 13.9. The van der Waals surface area contributed by atoms with Crippen molar-refractivity contribution in [3.05, 3.63) is 47.0 Å². The van der Waals surface area contributed by atoms with Gasteiger partial charge in [-0.3, -0.25) is 4.98 Å². The summed E-state index contributed by atoms with van der Waals surface area (Å²) >= 11 is 0. The molecule has 3 aromatic heterocycles. The van der Waals surface area contributed by atoms with E-state index in [4.69, 9.17) is 0 Å². The Morgan fingerprint density at radius 2 is 1.92 bits per heavy atom. The molecule has 6 nitrogen and oxygen atoms in total. The zero-order valence-corrected chi connectivity index (χ0v) is 13.1. The first kappa shape index (κ1) is 16.2. The van der Waals surface area contributed by atoms with Crippen LogP contribution in [0.2, 0.25) is 0 Å². The molecule has 0 aliphatic rings. The summed E-state index contributed by atoms with van der Waals surface area (Å²) in [6.07, 6.45) is -2.28. The number of alkyl halides is 3. The molecule has 0 spiro atoms. The minimum Gasteiger partial charge on any atom is -0.368 e. The molecular weight excluding hydrogens is 321 g/mol. The van der Waals surface area contributed by atoms with Gasteiger partial charge in [0.05, 0.1) is 0 Å². The van der Waals surface area contributed by atoms with E-state index < -0.39 is 12.0 Å². The standard InChI is InChI=1S/C15H15F3N6/c1-9-10(2)13-21-22-14(15(16,17)18)24(13)23-12(9)20-8-6-11-5-3-4-7-19-11/h3-5,7H,6,8H2,1-2H3,(H,20,23). The lowest BCUT2D eigenvalue weighted by molar-refractivity contribution is -0.146. The third kappa shape index (κ3) is 3.01. The van der Waals surface area contributed by atoms with Crippen molar-refractivity contribution in [3.63, 3.8) is 0 Å². The Kier molecular flexibility index (Phi) is 4.08. The third-order valence-corrected chi connectivity index (χ3v) is 3.75. The number of rotatable bonds is 4. The molecule has 0 aliphatic heterocycles. The summed E-state index contributed by atoms with van der Waals surface area (Å²) < 4.78 is 39.7. The van der Waals surface area contributed by atoms with E-state index in [1.807, 2.05) is 18.2 Å². The molecule has 3 rings (SSSR count). The van der Waals surface area contributed by atoms with Crippen molar-refractivity contribution in [2.75, 3.05) is 11.9 Å². The van der Waals surface area contributed by atoms with Crippen LogP contribution in [0.1, 0.15) is 22.6 Å². The molecule has 0 aliphatic carbocycles. The first-order valence-electron chi connectivity index (χ1n) is 7.31. The van der Waals surface area contributed by atoms with Gasteiger partial charge in [0, 0.05) is 30.4 Å². The molecule has 0 unspecified atom stereocenters. The number of nitrogens with one attached hydrogen (secondary N) is 1. The minimum absolute atomic E-state index is 0.107. The number of pyridine rings is 1. The molecule has 0 aromatic carbocycles. The normalized spacial score (nSPS) is 11.9. The predicted octanol–water partition coefficient (Wildman–Crippen LogP) is 2.81. The highest BCUT2D eigenvalue weighted by atomic mass is 19.4. The molecular formula is C15H15F3N6. The van der Waals surface area contributed by atoms with Gasteiger partial charge >= 0.3 is 6.18 Å². The SMILES string of the molecule is Cc1c(NCCc2ccccn2)nn2c(C(F)(F)F)nnc2c1C. The quantitative estimate of drug-likeness (QED) is 0.793. The Morgan fingerprint density at radius 3 is 2.58 bits per heavy atom. The monoisotopic (exact) mass is 336 g/mol. The molecule has 24 heavy (non-hydrogen) atoms. The highest BCUT2D eigenvalue weighted by Gasteiger charge is 2.38. The summed E-state index contributed by atoms with van der Waals surface area (Å²) in [5.41, 5.74) is 2.34. The lowest BCUT2D eigenvalue weighted by atomic mass is 10.2. The number of fused-ring (bicyclic) bond motifs is 1. The fourth-order valence-corrected chi connectivity index (χ4v) is 2.33. The minimum atomic E-state index is -4.61. The number of nitrogens with zero attached hydrogens (tertiary/aromatic N) is 5. The summed E-state index contributed by atoms with van der Waals surface area (Å²) in [4.78, 5) is 4.20. The van der Waals surface area contributed by atoms with Gasteiger partial charge in [0.2, 0.25) is 0 Å². The second-order valence-corrected chi connectivity index (χ2v) is 5.35. The Morgan fingerprint density at radius 1 is 1.12 bits per heavy atom. The average Bonchev–Trinajstić information content (AvgIpc) is 2.97. The van der Waals surface area contributed by atoms with Crippen LogP contribution >= 0.6 is 0 Å². The largest absolute Gasteiger partial charge is 0.453 e. The van der Waals surface area contributed by atoms with Crippen molar-refractivity contribution in [2.45, 2.75) is 26.4 Å². The number of aromatic nitrogens is 5. The number of aryl methyl sites for hydroxylation is 1. The zero-order valence-electron chi connectivity index (χ0n) is 13.1. The number of anilines is 1. The third-order valence-electron chi connectivity index (χ3n) is 3.75. The second kappa shape index (κ2) is 6.06. The van der Waals surface area contributed by atoms with Crippen molar-refractivity contribution in [1.82, 2.24) is 24.8 Å². The molecule has 0 bridgehead atoms. The molecule has 3 heterocycles. The second-order valence-electron chi connectivity index (χ2n) is 5.35. The van der Waals surface area contributed by atoms with Crippen LogP contribution in [0.25, 0.3) is 5.65 Å². The fraction of sp³-hybridized carbons (Fsp3) is 0.333. The summed E-state index contributed by atoms with van der Waals surface area (Å²) in [6.45, 7) is 3.98. The van der Waals surface area contributed by atoms with E-state index in [-0.39, 0.29) is 5.65 Å². The van der Waals surface area contributed by atoms with E-state index in [2.05, 4.69) is 25.6 Å². The van der Waals surface area contributed by atoms with Crippen LogP contribution in [0, 0.1) is 13.8 Å². The average molecular weight is 336 g/mol. The van der Waals surface area contributed by atoms with Gasteiger partial charge in [-0.25, -0.2) is 0 Å². The summed E-state index contributed by atoms with van der Waals surface area (Å²) in [7, 11) is 0. The van der Waals surface area contributed by atoms with Gasteiger partial charge in [0.15, 0.2) is 5.65 Å². The molecule has 0 radical (unpaired) electrons. The predicted molar refractivity (Wildman–Crippen MR) is 81.7 cm³/mol. The van der Waals surface area contributed by atoms with Crippen molar-refractivity contribution in [2.24, 2.45) is 0 Å². The number of hydrogen-bond donors (Lipinski definition) is 1. The van der Waals surface area contributed by atoms with Crippen LogP contribution in [0.3, 0.4) is 0 Å². The molecule has 0 atom stereocenters. The van der Waals surface area contributed by atoms with Crippen LogP contribution in [0.4, 0.5) is 19.0 Å². The van der Waals surface area contributed by atoms with Crippen molar-refractivity contribution >= 4 is 11.5 Å². The van der Waals surface area contributed by atoms with Crippen LogP contribution < -0.4 is 5.32 Å². The zero-order chi connectivity index (χ0) is 17.3. The molecule has 0 fully saturated rings. The smallest absolute Gasteiger partial charge is 0.368 e. The topological polar surface area (TPSA) is 68.0 Å². The Labute approximate surface area is 135 Å². The van der Waals surface area contributed by atoms with Gasteiger partial charge in [-0.15, -0.1) is 15.3 Å². The lowest BCUT2D eigenvalue weighted by Gasteiger charge is -2.12. The van der Waals surface area contributed by atoms with Gasteiger partial charge in [0.1, 0.15) is 5.82 Å². The van der Waals surface area contributed by atoms with Crippen molar-refractivity contribution in [1.29, 1.82) is 0 Å². The molecule has 0 amide bonds. The van der Waals surface area contributed by atoms with Crippen LogP contribution in [-0.4, -0.2) is 31.3 Å². The highest BCUT2D eigenvalue weighted by molar-refractivity contribution is 5.58. The van der Waals surface area contributed by atoms with Gasteiger partial charge in [-0.05, 0) is 31.5 Å². The summed E-state index contributed by atoms with van der Waals surface area (Å²) in [6, 6.07) is 5.59. The molecule has 9 heteroatoms. The van der Waals surface area contributed by atoms with Gasteiger partial charge < -0.3 is 5.32 Å². The highest BCUT2D eigenvalue weighted by Crippen LogP contribution is 2.29. The van der Waals surface area contributed by atoms with E-state index in [1.54, 1.807) is 20.0 Å². The number of hydrogen-bond acceptors (Lipinski definition) is 5. The molecule has 0 saturated heterocycles. The van der Waals surface area contributed by atoms with E-state index in [9.17, 15) is 13.2 Å². The molecule has 0 saturated carbocycles. The van der Waals surface area contributed by atoms with Crippen LogP contribution in [0.5, 0.6) is 0 Å². The van der Waals surface area contributed by atoms with Crippen LogP contribution in [0.15, 0.2) is 24.4 Å². The first-order chi connectivity index (χ1) is 11.4. The van der Waals surface area contributed by atoms with E-state index in [0.29, 0.717) is 24.3 Å². The first-order valence-corrected chi connectivity index (χ1v) is 7.31. The van der Waals surface area contributed by atoms with Crippen molar-refractivity contribution in [3.8, 4) is 0 Å². The van der Waals surface area contributed by atoms with E-state index in [1.165, 1.54) is 0 Å². The van der Waals surface area contributed by atoms with E-state index >= 15 is 0 Å². The molecule has 3 aromatic rings. The Bertz CT molecular complexity index is 857. The van der Waals surface area contributed by atoms with E-state index in [0.717, 1.165) is 15.8 Å². The van der Waals surface area contributed by atoms with Gasteiger partial charge in [-0.2, -0.15) is 17.7 Å². The Balaban J connectivity index is 1.88. The van der Waals surface area contributed by atoms with Crippen LogP contribution in [-0.2, 0) is 12.6 Å². The molecule has 126 valence electrons. The maximum absolute atomic E-state index is 13.0. The van der Waals surface area contributed by atoms with Gasteiger partial charge in [0.25, 0.3) is 5.82 Å². The van der Waals surface area contributed by atoms with Gasteiger partial charge in [-0.1, -0.05) is 6.07 Å². The van der Waals surface area contributed by atoms with Crippen molar-refractivity contribution < 1.29 is 13.2 Å². The Hall–Kier alpha value is -2.71.